The fraction of sp³-hybridized carbons (Fsp3) is 0.588. The van der Waals surface area contributed by atoms with Crippen molar-refractivity contribution in [1.82, 2.24) is 4.90 Å². The van der Waals surface area contributed by atoms with Crippen LogP contribution in [0.1, 0.15) is 24.8 Å². The minimum Gasteiger partial charge on any atom is -0.379 e. The van der Waals surface area contributed by atoms with Crippen LogP contribution in [0.25, 0.3) is 0 Å². The summed E-state index contributed by atoms with van der Waals surface area (Å²) in [5, 5.41) is 0. The largest absolute Gasteiger partial charge is 0.379 e. The van der Waals surface area contributed by atoms with Crippen LogP contribution in [0.15, 0.2) is 30.3 Å². The van der Waals surface area contributed by atoms with E-state index in [0.29, 0.717) is 19.6 Å². The summed E-state index contributed by atoms with van der Waals surface area (Å²) >= 11 is 0. The Bertz CT molecular complexity index is 476. The first-order valence-corrected chi connectivity index (χ1v) is 7.77. The molecule has 1 saturated carbocycles. The molecule has 1 aromatic rings. The number of fused-ring (bicyclic) bond motifs is 1. The van der Waals surface area contributed by atoms with Crippen molar-refractivity contribution in [2.24, 2.45) is 0 Å². The van der Waals surface area contributed by atoms with Crippen molar-refractivity contribution in [2.75, 3.05) is 20.3 Å². The lowest BCUT2D eigenvalue weighted by molar-refractivity contribution is -0.149. The topological polar surface area (TPSA) is 38.8 Å². The van der Waals surface area contributed by atoms with Crippen LogP contribution in [0.5, 0.6) is 0 Å². The van der Waals surface area contributed by atoms with Crippen LogP contribution in [0.4, 0.5) is 0 Å². The van der Waals surface area contributed by atoms with Gasteiger partial charge in [0.15, 0.2) is 0 Å². The lowest BCUT2D eigenvalue weighted by atomic mass is 10.1. The molecule has 3 atom stereocenters. The van der Waals surface area contributed by atoms with Gasteiger partial charge >= 0.3 is 0 Å². The van der Waals surface area contributed by atoms with Crippen molar-refractivity contribution in [3.63, 3.8) is 0 Å². The van der Waals surface area contributed by atoms with Crippen molar-refractivity contribution in [1.29, 1.82) is 0 Å². The Hall–Kier alpha value is -1.39. The van der Waals surface area contributed by atoms with Crippen LogP contribution >= 0.6 is 0 Å². The van der Waals surface area contributed by atoms with Gasteiger partial charge < -0.3 is 14.4 Å². The molecule has 0 aromatic heterocycles. The number of morpholine rings is 1. The number of hydrogen-bond acceptors (Lipinski definition) is 3. The fourth-order valence-electron chi connectivity index (χ4n) is 3.52. The molecule has 21 heavy (non-hydrogen) atoms. The Balaban J connectivity index is 1.59. The third-order valence-corrected chi connectivity index (χ3v) is 4.63. The van der Waals surface area contributed by atoms with Crippen molar-refractivity contribution >= 4 is 5.91 Å². The Morgan fingerprint density at radius 1 is 1.33 bits per heavy atom. The highest BCUT2D eigenvalue weighted by Crippen LogP contribution is 2.32. The molecule has 1 aromatic carbocycles. The van der Waals surface area contributed by atoms with E-state index in [0.717, 1.165) is 19.3 Å². The van der Waals surface area contributed by atoms with Crippen LogP contribution in [-0.4, -0.2) is 49.3 Å². The van der Waals surface area contributed by atoms with Crippen LogP contribution in [0.2, 0.25) is 0 Å². The Morgan fingerprint density at radius 3 is 2.90 bits per heavy atom. The molecule has 3 rings (SSSR count). The highest BCUT2D eigenvalue weighted by Gasteiger charge is 2.44. The van der Waals surface area contributed by atoms with E-state index in [1.807, 2.05) is 23.1 Å². The molecular formula is C17H23NO3. The minimum absolute atomic E-state index is 0.0597. The Labute approximate surface area is 126 Å². The summed E-state index contributed by atoms with van der Waals surface area (Å²) in [7, 11) is 1.73. The quantitative estimate of drug-likeness (QED) is 0.851. The fourth-order valence-corrected chi connectivity index (χ4v) is 3.52. The number of hydrogen-bond donors (Lipinski definition) is 0. The summed E-state index contributed by atoms with van der Waals surface area (Å²) in [5.41, 5.74) is 1.22. The van der Waals surface area contributed by atoms with Gasteiger partial charge in [0.1, 0.15) is 6.10 Å². The molecule has 4 nitrogen and oxygen atoms in total. The summed E-state index contributed by atoms with van der Waals surface area (Å²) in [6.45, 7) is 1.34. The zero-order valence-corrected chi connectivity index (χ0v) is 12.5. The van der Waals surface area contributed by atoms with Gasteiger partial charge in [-0.05, 0) is 24.8 Å². The molecular weight excluding hydrogens is 266 g/mol. The standard InChI is InChI=1S/C17H23NO3/c1-20-15-9-8-14-17(15)21-12-11-18(14)16(19)10-7-13-5-3-2-4-6-13/h2-6,14-15,17H,7-12H2,1H3/t14-,15-,17+/m1/s1. The normalized spacial score (nSPS) is 28.4. The van der Waals surface area contributed by atoms with Gasteiger partial charge in [-0.1, -0.05) is 30.3 Å². The van der Waals surface area contributed by atoms with E-state index < -0.39 is 0 Å². The Morgan fingerprint density at radius 2 is 2.14 bits per heavy atom. The number of carbonyl (C=O) groups excluding carboxylic acids is 1. The summed E-state index contributed by atoms with van der Waals surface area (Å²) in [4.78, 5) is 14.6. The van der Waals surface area contributed by atoms with E-state index >= 15 is 0 Å². The minimum atomic E-state index is 0.0597. The van der Waals surface area contributed by atoms with Gasteiger partial charge in [0.2, 0.25) is 5.91 Å². The predicted molar refractivity (Wildman–Crippen MR) is 80.0 cm³/mol. The summed E-state index contributed by atoms with van der Waals surface area (Å²) in [6, 6.07) is 10.4. The molecule has 1 heterocycles. The molecule has 0 spiro atoms. The first kappa shape index (κ1) is 14.5. The zero-order valence-electron chi connectivity index (χ0n) is 12.5. The molecule has 1 amide bonds. The van der Waals surface area contributed by atoms with Crippen molar-refractivity contribution < 1.29 is 14.3 Å². The van der Waals surface area contributed by atoms with Gasteiger partial charge in [0.25, 0.3) is 0 Å². The molecule has 114 valence electrons. The summed E-state index contributed by atoms with van der Waals surface area (Å²) in [5.74, 6) is 0.244. The number of ether oxygens (including phenoxy) is 2. The van der Waals surface area contributed by atoms with E-state index in [-0.39, 0.29) is 24.2 Å². The highest BCUT2D eigenvalue weighted by atomic mass is 16.5. The maximum Gasteiger partial charge on any atom is 0.223 e. The molecule has 0 N–H and O–H groups in total. The van der Waals surface area contributed by atoms with Gasteiger partial charge in [0, 0.05) is 20.1 Å². The average Bonchev–Trinajstić information content (AvgIpc) is 2.96. The SMILES string of the molecule is CO[C@@H]1CC[C@@H]2[C@@H]1OCCN2C(=O)CCc1ccccc1. The second kappa shape index (κ2) is 6.58. The number of rotatable bonds is 4. The molecule has 2 fully saturated rings. The second-order valence-electron chi connectivity index (χ2n) is 5.83. The third-order valence-electron chi connectivity index (χ3n) is 4.63. The first-order valence-electron chi connectivity index (χ1n) is 7.77. The van der Waals surface area contributed by atoms with Crippen LogP contribution < -0.4 is 0 Å². The number of benzene rings is 1. The third kappa shape index (κ3) is 3.11. The molecule has 1 saturated heterocycles. The summed E-state index contributed by atoms with van der Waals surface area (Å²) in [6.07, 6.45) is 3.55. The number of carbonyl (C=O) groups is 1. The molecule has 2 aliphatic rings. The monoisotopic (exact) mass is 289 g/mol. The summed E-state index contributed by atoms with van der Waals surface area (Å²) < 4.78 is 11.3. The lowest BCUT2D eigenvalue weighted by Gasteiger charge is -2.39. The van der Waals surface area contributed by atoms with Gasteiger partial charge in [-0.2, -0.15) is 0 Å². The Kier molecular flexibility index (Phi) is 4.56. The van der Waals surface area contributed by atoms with Gasteiger partial charge in [-0.3, -0.25) is 4.79 Å². The van der Waals surface area contributed by atoms with E-state index in [9.17, 15) is 4.79 Å². The first-order chi connectivity index (χ1) is 10.3. The lowest BCUT2D eigenvalue weighted by Crippen LogP contribution is -2.53. The molecule has 0 bridgehead atoms. The smallest absolute Gasteiger partial charge is 0.223 e. The number of aryl methyl sites for hydroxylation is 1. The molecule has 4 heteroatoms. The number of methoxy groups -OCH3 is 1. The van der Waals surface area contributed by atoms with Crippen LogP contribution in [-0.2, 0) is 20.7 Å². The van der Waals surface area contributed by atoms with E-state index in [4.69, 9.17) is 9.47 Å². The zero-order chi connectivity index (χ0) is 14.7. The van der Waals surface area contributed by atoms with E-state index in [1.165, 1.54) is 5.56 Å². The number of nitrogens with zero attached hydrogens (tertiary/aromatic N) is 1. The molecule has 1 aliphatic heterocycles. The van der Waals surface area contributed by atoms with Crippen LogP contribution in [0, 0.1) is 0 Å². The average molecular weight is 289 g/mol. The second-order valence-corrected chi connectivity index (χ2v) is 5.83. The van der Waals surface area contributed by atoms with E-state index in [1.54, 1.807) is 7.11 Å². The number of amides is 1. The maximum absolute atomic E-state index is 12.5. The van der Waals surface area contributed by atoms with E-state index in [2.05, 4.69) is 12.1 Å². The predicted octanol–water partition coefficient (Wildman–Crippen LogP) is 2.02. The molecule has 1 aliphatic carbocycles. The van der Waals surface area contributed by atoms with Gasteiger partial charge in [0.05, 0.1) is 18.8 Å². The van der Waals surface area contributed by atoms with Gasteiger partial charge in [-0.25, -0.2) is 0 Å². The molecule has 0 radical (unpaired) electrons. The highest BCUT2D eigenvalue weighted by molar-refractivity contribution is 5.77. The van der Waals surface area contributed by atoms with Gasteiger partial charge in [-0.15, -0.1) is 0 Å². The van der Waals surface area contributed by atoms with Crippen molar-refractivity contribution in [3.05, 3.63) is 35.9 Å². The van der Waals surface area contributed by atoms with Crippen molar-refractivity contribution in [2.45, 2.75) is 43.9 Å². The maximum atomic E-state index is 12.5. The van der Waals surface area contributed by atoms with Crippen molar-refractivity contribution in [3.8, 4) is 0 Å². The van der Waals surface area contributed by atoms with Crippen LogP contribution in [0.3, 0.4) is 0 Å². The molecule has 0 unspecified atom stereocenters.